The molecule has 138 valence electrons. The smallest absolute Gasteiger partial charge is 0.419 e. The second-order valence-corrected chi connectivity index (χ2v) is 8.05. The summed E-state index contributed by atoms with van der Waals surface area (Å²) >= 11 is 1.68. The normalized spacial score (nSPS) is 12.5. The van der Waals surface area contributed by atoms with Gasteiger partial charge in [0.15, 0.2) is 0 Å². The zero-order valence-corrected chi connectivity index (χ0v) is 16.9. The van der Waals surface area contributed by atoms with E-state index < -0.39 is 0 Å². The van der Waals surface area contributed by atoms with E-state index in [4.69, 9.17) is 4.74 Å². The lowest BCUT2D eigenvalue weighted by atomic mass is 10.2. The third kappa shape index (κ3) is 3.46. The molecule has 0 fully saturated rings. The molecule has 3 rings (SSSR count). The predicted octanol–water partition coefficient (Wildman–Crippen LogP) is 4.97. The first-order chi connectivity index (χ1) is 12.3. The summed E-state index contributed by atoms with van der Waals surface area (Å²) in [6, 6.07) is 12.2. The Bertz CT molecular complexity index is 776. The summed E-state index contributed by atoms with van der Waals surface area (Å²) in [5.74, 6) is 0. The quantitative estimate of drug-likeness (QED) is 0.761. The molecule has 0 atom stereocenters. The summed E-state index contributed by atoms with van der Waals surface area (Å²) in [6.07, 6.45) is -0.524. The van der Waals surface area contributed by atoms with Crippen LogP contribution in [0.5, 0.6) is 0 Å². The standard InChI is InChI=1S/C20H25N3O2S/c1-13(2)25-20(24)23-16-9-7-14(21(3)4)11-18(16)26-19-12-15(22(5)6)8-10-17(19)23/h7-13H,1-6H3. The molecule has 0 radical (unpaired) electrons. The average molecular weight is 372 g/mol. The summed E-state index contributed by atoms with van der Waals surface area (Å²) in [4.78, 5) is 20.7. The molecule has 0 saturated heterocycles. The maximum Gasteiger partial charge on any atom is 0.419 e. The van der Waals surface area contributed by atoms with Gasteiger partial charge in [-0.3, -0.25) is 0 Å². The van der Waals surface area contributed by atoms with Crippen molar-refractivity contribution in [2.45, 2.75) is 29.7 Å². The van der Waals surface area contributed by atoms with Crippen molar-refractivity contribution in [3.63, 3.8) is 0 Å². The molecule has 1 aliphatic heterocycles. The Morgan fingerprint density at radius 3 is 1.77 bits per heavy atom. The number of benzene rings is 2. The van der Waals surface area contributed by atoms with Gasteiger partial charge in [0.2, 0.25) is 0 Å². The van der Waals surface area contributed by atoms with Crippen molar-refractivity contribution in [1.29, 1.82) is 0 Å². The number of carbonyl (C=O) groups is 1. The molecule has 0 N–H and O–H groups in total. The minimum atomic E-state index is -0.349. The fourth-order valence-electron chi connectivity index (χ4n) is 2.79. The van der Waals surface area contributed by atoms with Gasteiger partial charge in [-0.1, -0.05) is 11.8 Å². The van der Waals surface area contributed by atoms with Gasteiger partial charge in [-0.15, -0.1) is 0 Å². The summed E-state index contributed by atoms with van der Waals surface area (Å²) in [6.45, 7) is 3.73. The predicted molar refractivity (Wildman–Crippen MR) is 109 cm³/mol. The van der Waals surface area contributed by atoms with Crippen LogP contribution in [0.2, 0.25) is 0 Å². The molecular formula is C20H25N3O2S. The summed E-state index contributed by atoms with van der Waals surface area (Å²) < 4.78 is 5.52. The molecule has 0 saturated carbocycles. The van der Waals surface area contributed by atoms with E-state index in [9.17, 15) is 4.79 Å². The second kappa shape index (κ2) is 7.11. The monoisotopic (exact) mass is 371 g/mol. The number of nitrogens with zero attached hydrogens (tertiary/aromatic N) is 3. The molecule has 0 unspecified atom stereocenters. The number of fused-ring (bicyclic) bond motifs is 2. The van der Waals surface area contributed by atoms with Crippen LogP contribution < -0.4 is 14.7 Å². The minimum absolute atomic E-state index is 0.175. The Balaban J connectivity index is 2.13. The second-order valence-electron chi connectivity index (χ2n) is 6.96. The molecule has 26 heavy (non-hydrogen) atoms. The lowest BCUT2D eigenvalue weighted by Crippen LogP contribution is -2.31. The zero-order valence-electron chi connectivity index (χ0n) is 16.1. The molecule has 0 spiro atoms. The first-order valence-corrected chi connectivity index (χ1v) is 9.41. The molecule has 2 aromatic rings. The highest BCUT2D eigenvalue weighted by Gasteiger charge is 2.30. The molecule has 0 bridgehead atoms. The van der Waals surface area contributed by atoms with Crippen molar-refractivity contribution in [1.82, 2.24) is 0 Å². The van der Waals surface area contributed by atoms with Crippen molar-refractivity contribution in [2.75, 3.05) is 42.9 Å². The molecule has 1 amide bonds. The topological polar surface area (TPSA) is 36.0 Å². The minimum Gasteiger partial charge on any atom is -0.446 e. The van der Waals surface area contributed by atoms with Crippen LogP contribution in [0.15, 0.2) is 46.2 Å². The molecule has 2 aromatic carbocycles. The zero-order chi connectivity index (χ0) is 19.0. The fourth-order valence-corrected chi connectivity index (χ4v) is 3.92. The lowest BCUT2D eigenvalue weighted by Gasteiger charge is -2.32. The molecule has 0 aliphatic carbocycles. The Labute approximate surface area is 159 Å². The van der Waals surface area contributed by atoms with Crippen LogP contribution in [-0.2, 0) is 4.74 Å². The molecule has 1 aliphatic rings. The molecule has 1 heterocycles. The van der Waals surface area contributed by atoms with Crippen LogP contribution in [0.3, 0.4) is 0 Å². The van der Waals surface area contributed by atoms with E-state index in [1.54, 1.807) is 16.7 Å². The van der Waals surface area contributed by atoms with E-state index in [1.807, 2.05) is 66.3 Å². The van der Waals surface area contributed by atoms with E-state index >= 15 is 0 Å². The number of ether oxygens (including phenoxy) is 1. The number of hydrogen-bond acceptors (Lipinski definition) is 5. The van der Waals surface area contributed by atoms with Gasteiger partial charge < -0.3 is 14.5 Å². The number of rotatable bonds is 3. The Hall–Kier alpha value is -2.34. The number of amides is 1. The van der Waals surface area contributed by atoms with Crippen molar-refractivity contribution in [3.8, 4) is 0 Å². The molecule has 5 nitrogen and oxygen atoms in total. The SMILES string of the molecule is CC(C)OC(=O)N1c2ccc(N(C)C)cc2Sc2cc(N(C)C)ccc21. The molecule has 6 heteroatoms. The van der Waals surface area contributed by atoms with E-state index in [1.165, 1.54) is 0 Å². The van der Waals surface area contributed by atoms with Gasteiger partial charge in [0.05, 0.1) is 17.5 Å². The fraction of sp³-hybridized carbons (Fsp3) is 0.350. The highest BCUT2D eigenvalue weighted by atomic mass is 32.2. The van der Waals surface area contributed by atoms with Crippen LogP contribution in [0.25, 0.3) is 0 Å². The Morgan fingerprint density at radius 1 is 0.923 bits per heavy atom. The van der Waals surface area contributed by atoms with Crippen molar-refractivity contribution in [2.24, 2.45) is 0 Å². The highest BCUT2D eigenvalue weighted by molar-refractivity contribution is 7.99. The third-order valence-corrected chi connectivity index (χ3v) is 5.23. The van der Waals surface area contributed by atoms with Gasteiger partial charge >= 0.3 is 6.09 Å². The number of carbonyl (C=O) groups excluding carboxylic acids is 1. The number of hydrogen-bond donors (Lipinski definition) is 0. The Kier molecular flexibility index (Phi) is 5.05. The van der Waals surface area contributed by atoms with Gasteiger partial charge in [0, 0.05) is 49.4 Å². The van der Waals surface area contributed by atoms with E-state index in [0.717, 1.165) is 32.5 Å². The maximum absolute atomic E-state index is 12.8. The van der Waals surface area contributed by atoms with Crippen molar-refractivity contribution in [3.05, 3.63) is 36.4 Å². The van der Waals surface area contributed by atoms with Crippen molar-refractivity contribution < 1.29 is 9.53 Å². The summed E-state index contributed by atoms with van der Waals surface area (Å²) in [7, 11) is 8.05. The van der Waals surface area contributed by atoms with Gasteiger partial charge in [-0.2, -0.15) is 0 Å². The average Bonchev–Trinajstić information content (AvgIpc) is 2.57. The first kappa shape index (κ1) is 18.5. The van der Waals surface area contributed by atoms with Crippen LogP contribution in [0, 0.1) is 0 Å². The van der Waals surface area contributed by atoms with E-state index in [0.29, 0.717) is 0 Å². The molecule has 0 aromatic heterocycles. The summed E-state index contributed by atoms with van der Waals surface area (Å²) in [5, 5.41) is 0. The largest absolute Gasteiger partial charge is 0.446 e. The highest BCUT2D eigenvalue weighted by Crippen LogP contribution is 2.50. The third-order valence-electron chi connectivity index (χ3n) is 4.14. The molecular weight excluding hydrogens is 346 g/mol. The van der Waals surface area contributed by atoms with Crippen LogP contribution in [0.4, 0.5) is 27.5 Å². The van der Waals surface area contributed by atoms with Crippen LogP contribution in [-0.4, -0.2) is 40.4 Å². The Morgan fingerprint density at radius 2 is 1.38 bits per heavy atom. The van der Waals surface area contributed by atoms with Gasteiger partial charge in [0.25, 0.3) is 0 Å². The number of anilines is 4. The maximum atomic E-state index is 12.8. The van der Waals surface area contributed by atoms with Crippen molar-refractivity contribution >= 4 is 40.6 Å². The van der Waals surface area contributed by atoms with E-state index in [-0.39, 0.29) is 12.2 Å². The lowest BCUT2D eigenvalue weighted by molar-refractivity contribution is 0.125. The van der Waals surface area contributed by atoms with Crippen LogP contribution in [0.1, 0.15) is 13.8 Å². The first-order valence-electron chi connectivity index (χ1n) is 8.59. The van der Waals surface area contributed by atoms with Gasteiger partial charge in [-0.05, 0) is 50.2 Å². The van der Waals surface area contributed by atoms with Gasteiger partial charge in [0.1, 0.15) is 0 Å². The van der Waals surface area contributed by atoms with Crippen LogP contribution >= 0.6 is 11.8 Å². The summed E-state index contributed by atoms with van der Waals surface area (Å²) in [5.41, 5.74) is 3.91. The van der Waals surface area contributed by atoms with E-state index in [2.05, 4.69) is 21.9 Å². The van der Waals surface area contributed by atoms with Gasteiger partial charge in [-0.25, -0.2) is 9.69 Å².